The Morgan fingerprint density at radius 3 is 2.68 bits per heavy atom. The molecule has 19 heavy (non-hydrogen) atoms. The molecule has 0 bridgehead atoms. The molecule has 3 rings (SSSR count). The molecule has 0 spiro atoms. The highest BCUT2D eigenvalue weighted by atomic mass is 19.1. The van der Waals surface area contributed by atoms with Crippen LogP contribution in [0.2, 0.25) is 0 Å². The minimum Gasteiger partial charge on any atom is -0.336 e. The summed E-state index contributed by atoms with van der Waals surface area (Å²) in [4.78, 5) is 34.0. The van der Waals surface area contributed by atoms with Crippen LogP contribution in [0.1, 0.15) is 11.4 Å². The second-order valence-electron chi connectivity index (χ2n) is 4.08. The zero-order valence-electron chi connectivity index (χ0n) is 9.66. The molecule has 7 heteroatoms. The molecular weight excluding hydrogens is 251 g/mol. The number of imidazole rings is 1. The summed E-state index contributed by atoms with van der Waals surface area (Å²) in [6.07, 6.45) is 0.211. The van der Waals surface area contributed by atoms with Crippen LogP contribution >= 0.6 is 0 Å². The van der Waals surface area contributed by atoms with Gasteiger partial charge in [0.15, 0.2) is 5.65 Å². The van der Waals surface area contributed by atoms with E-state index < -0.39 is 11.2 Å². The zero-order valence-corrected chi connectivity index (χ0v) is 9.66. The summed E-state index contributed by atoms with van der Waals surface area (Å²) in [6.45, 7) is 0. The first-order valence-corrected chi connectivity index (χ1v) is 5.58. The number of fused-ring (bicyclic) bond motifs is 1. The van der Waals surface area contributed by atoms with Gasteiger partial charge in [0.1, 0.15) is 17.2 Å². The van der Waals surface area contributed by atoms with E-state index in [1.807, 2.05) is 0 Å². The third-order valence-corrected chi connectivity index (χ3v) is 2.75. The summed E-state index contributed by atoms with van der Waals surface area (Å²) in [5, 5.41) is 0. The fourth-order valence-electron chi connectivity index (χ4n) is 1.89. The van der Waals surface area contributed by atoms with Crippen LogP contribution in [0.3, 0.4) is 0 Å². The smallest absolute Gasteiger partial charge is 0.327 e. The van der Waals surface area contributed by atoms with E-state index in [4.69, 9.17) is 0 Å². The number of hydrogen-bond acceptors (Lipinski definition) is 3. The van der Waals surface area contributed by atoms with Crippen molar-refractivity contribution in [2.75, 3.05) is 0 Å². The van der Waals surface area contributed by atoms with E-state index in [-0.39, 0.29) is 23.4 Å². The Hall–Kier alpha value is -2.70. The van der Waals surface area contributed by atoms with Gasteiger partial charge in [0.05, 0.1) is 0 Å². The van der Waals surface area contributed by atoms with Crippen LogP contribution in [0.15, 0.2) is 33.9 Å². The van der Waals surface area contributed by atoms with Gasteiger partial charge in [0.25, 0.3) is 5.56 Å². The third-order valence-electron chi connectivity index (χ3n) is 2.75. The van der Waals surface area contributed by atoms with Crippen molar-refractivity contribution in [1.82, 2.24) is 19.9 Å². The third kappa shape index (κ3) is 2.05. The summed E-state index contributed by atoms with van der Waals surface area (Å²) in [6, 6.07) is 6.30. The maximum atomic E-state index is 13.5. The number of aromatic nitrogens is 4. The SMILES string of the molecule is O=c1[nH]c(=O)c2[nH]c(Cc3ccccc3F)nc2[nH]1. The molecular formula is C12H9FN4O2. The van der Waals surface area contributed by atoms with Crippen LogP contribution in [-0.4, -0.2) is 19.9 Å². The summed E-state index contributed by atoms with van der Waals surface area (Å²) >= 11 is 0. The van der Waals surface area contributed by atoms with Crippen molar-refractivity contribution in [3.8, 4) is 0 Å². The van der Waals surface area contributed by atoms with E-state index in [0.29, 0.717) is 11.4 Å². The number of H-pyrrole nitrogens is 3. The van der Waals surface area contributed by atoms with Crippen molar-refractivity contribution in [2.45, 2.75) is 6.42 Å². The first-order valence-electron chi connectivity index (χ1n) is 5.58. The van der Waals surface area contributed by atoms with Crippen molar-refractivity contribution in [1.29, 1.82) is 0 Å². The highest BCUT2D eigenvalue weighted by molar-refractivity contribution is 5.68. The van der Waals surface area contributed by atoms with Crippen LogP contribution in [0.4, 0.5) is 4.39 Å². The Morgan fingerprint density at radius 1 is 1.11 bits per heavy atom. The number of rotatable bonds is 2. The van der Waals surface area contributed by atoms with Gasteiger partial charge in [0.2, 0.25) is 0 Å². The van der Waals surface area contributed by atoms with Gasteiger partial charge in [-0.15, -0.1) is 0 Å². The maximum absolute atomic E-state index is 13.5. The topological polar surface area (TPSA) is 94.4 Å². The second-order valence-corrected chi connectivity index (χ2v) is 4.08. The second kappa shape index (κ2) is 4.20. The fraction of sp³-hybridized carbons (Fsp3) is 0.0833. The molecule has 0 fully saturated rings. The number of benzene rings is 1. The average molecular weight is 260 g/mol. The molecule has 0 saturated heterocycles. The van der Waals surface area contributed by atoms with Crippen molar-refractivity contribution in [2.24, 2.45) is 0 Å². The first kappa shape index (κ1) is 11.4. The molecule has 0 unspecified atom stereocenters. The van der Waals surface area contributed by atoms with Gasteiger partial charge in [0, 0.05) is 6.42 Å². The molecule has 0 saturated carbocycles. The van der Waals surface area contributed by atoms with Crippen LogP contribution < -0.4 is 11.2 Å². The van der Waals surface area contributed by atoms with Crippen molar-refractivity contribution in [3.63, 3.8) is 0 Å². The Kier molecular flexibility index (Phi) is 2.52. The van der Waals surface area contributed by atoms with Crippen LogP contribution in [0, 0.1) is 5.82 Å². The normalized spacial score (nSPS) is 11.0. The van der Waals surface area contributed by atoms with E-state index in [1.165, 1.54) is 6.07 Å². The lowest BCUT2D eigenvalue weighted by atomic mass is 10.1. The minimum atomic E-state index is -0.624. The molecule has 0 atom stereocenters. The number of halogens is 1. The van der Waals surface area contributed by atoms with Crippen molar-refractivity contribution < 1.29 is 4.39 Å². The van der Waals surface area contributed by atoms with Crippen molar-refractivity contribution in [3.05, 3.63) is 62.3 Å². The predicted molar refractivity (Wildman–Crippen MR) is 66.5 cm³/mol. The lowest BCUT2D eigenvalue weighted by Crippen LogP contribution is -2.21. The minimum absolute atomic E-state index is 0.167. The van der Waals surface area contributed by atoms with Crippen molar-refractivity contribution >= 4 is 11.2 Å². The summed E-state index contributed by atoms with van der Waals surface area (Å²) < 4.78 is 13.5. The molecule has 0 radical (unpaired) electrons. The van der Waals surface area contributed by atoms with E-state index in [1.54, 1.807) is 18.2 Å². The zero-order chi connectivity index (χ0) is 13.4. The average Bonchev–Trinajstić information content (AvgIpc) is 2.75. The van der Waals surface area contributed by atoms with Gasteiger partial charge in [-0.05, 0) is 11.6 Å². The molecule has 0 aliphatic heterocycles. The van der Waals surface area contributed by atoms with Gasteiger partial charge in [-0.25, -0.2) is 14.2 Å². The van der Waals surface area contributed by atoms with Gasteiger partial charge in [-0.2, -0.15) is 0 Å². The largest absolute Gasteiger partial charge is 0.336 e. The van der Waals surface area contributed by atoms with E-state index in [0.717, 1.165) is 0 Å². The highest BCUT2D eigenvalue weighted by Crippen LogP contribution is 2.12. The van der Waals surface area contributed by atoms with E-state index in [9.17, 15) is 14.0 Å². The molecule has 6 nitrogen and oxygen atoms in total. The molecule has 0 aliphatic carbocycles. The van der Waals surface area contributed by atoms with E-state index in [2.05, 4.69) is 19.9 Å². The van der Waals surface area contributed by atoms with Crippen LogP contribution in [0.5, 0.6) is 0 Å². The molecule has 0 aliphatic rings. The van der Waals surface area contributed by atoms with E-state index >= 15 is 0 Å². The monoisotopic (exact) mass is 260 g/mol. The number of nitrogens with zero attached hydrogens (tertiary/aromatic N) is 1. The summed E-state index contributed by atoms with van der Waals surface area (Å²) in [5.41, 5.74) is -0.376. The lowest BCUT2D eigenvalue weighted by Gasteiger charge is -1.99. The Morgan fingerprint density at radius 2 is 1.89 bits per heavy atom. The Bertz CT molecular complexity index is 862. The molecule has 0 amide bonds. The quantitative estimate of drug-likeness (QED) is 0.632. The van der Waals surface area contributed by atoms with Gasteiger partial charge >= 0.3 is 5.69 Å². The number of nitrogens with one attached hydrogen (secondary N) is 3. The molecule has 2 heterocycles. The molecule has 2 aromatic heterocycles. The Labute approximate surface area is 105 Å². The predicted octanol–water partition coefficient (Wildman–Crippen LogP) is 0.669. The number of aromatic amines is 3. The molecule has 3 N–H and O–H groups in total. The summed E-state index contributed by atoms with van der Waals surface area (Å²) in [5.74, 6) is 0.0674. The molecule has 96 valence electrons. The summed E-state index contributed by atoms with van der Waals surface area (Å²) in [7, 11) is 0. The van der Waals surface area contributed by atoms with Crippen LogP contribution in [0.25, 0.3) is 11.2 Å². The van der Waals surface area contributed by atoms with Crippen LogP contribution in [-0.2, 0) is 6.42 Å². The molecule has 1 aromatic carbocycles. The first-order chi connectivity index (χ1) is 9.13. The fourth-order valence-corrected chi connectivity index (χ4v) is 1.89. The highest BCUT2D eigenvalue weighted by Gasteiger charge is 2.09. The molecule has 3 aromatic rings. The standard InChI is InChI=1S/C12H9FN4O2/c13-7-4-2-1-3-6(7)5-8-14-9-10(15-8)16-12(19)17-11(9)18/h1-4H,5H2,(H3,14,15,16,17,18,19). The van der Waals surface area contributed by atoms with Gasteiger partial charge in [-0.3, -0.25) is 14.8 Å². The van der Waals surface area contributed by atoms with Gasteiger partial charge in [-0.1, -0.05) is 18.2 Å². The Balaban J connectivity index is 2.08. The lowest BCUT2D eigenvalue weighted by molar-refractivity contribution is 0.612. The number of hydrogen-bond donors (Lipinski definition) is 3. The van der Waals surface area contributed by atoms with Gasteiger partial charge < -0.3 is 4.98 Å². The maximum Gasteiger partial charge on any atom is 0.327 e.